The van der Waals surface area contributed by atoms with Crippen molar-refractivity contribution in [1.82, 2.24) is 5.32 Å². The molecule has 1 aliphatic heterocycles. The molecule has 1 aliphatic rings. The van der Waals surface area contributed by atoms with E-state index in [1.54, 1.807) is 25.1 Å². The number of esters is 1. The van der Waals surface area contributed by atoms with Gasteiger partial charge in [0.1, 0.15) is 19.0 Å². The quantitative estimate of drug-likeness (QED) is 0.328. The lowest BCUT2D eigenvalue weighted by Gasteiger charge is -2.25. The van der Waals surface area contributed by atoms with Crippen molar-refractivity contribution >= 4 is 46.7 Å². The van der Waals surface area contributed by atoms with Gasteiger partial charge in [0.15, 0.2) is 0 Å². The number of nitrogens with zero attached hydrogens (tertiary/aromatic N) is 1. The summed E-state index contributed by atoms with van der Waals surface area (Å²) in [4.78, 5) is 51.6. The van der Waals surface area contributed by atoms with Crippen molar-refractivity contribution in [2.45, 2.75) is 32.8 Å². The molecule has 0 aromatic heterocycles. The number of anilines is 2. The summed E-state index contributed by atoms with van der Waals surface area (Å²) in [5.41, 5.74) is 2.83. The van der Waals surface area contributed by atoms with Crippen LogP contribution >= 0.6 is 11.6 Å². The molecule has 42 heavy (non-hydrogen) atoms. The van der Waals surface area contributed by atoms with Gasteiger partial charge in [0, 0.05) is 29.0 Å². The Hall–Kier alpha value is -4.28. The molecule has 0 saturated carbocycles. The highest BCUT2D eigenvalue weighted by Gasteiger charge is 2.29. The largest absolute Gasteiger partial charge is 0.465 e. The Kier molecular flexibility index (Phi) is 10.3. The van der Waals surface area contributed by atoms with E-state index in [4.69, 9.17) is 21.1 Å². The molecule has 4 rings (SSSR count). The van der Waals surface area contributed by atoms with Gasteiger partial charge in [-0.15, -0.1) is 0 Å². The molecule has 1 unspecified atom stereocenters. The Bertz CT molecular complexity index is 1500. The van der Waals surface area contributed by atoms with Crippen LogP contribution in [-0.4, -0.2) is 50.0 Å². The predicted molar refractivity (Wildman–Crippen MR) is 156 cm³/mol. The first-order valence-corrected chi connectivity index (χ1v) is 13.9. The van der Waals surface area contributed by atoms with Crippen molar-refractivity contribution < 1.29 is 33.0 Å². The molecular formula is C31H31ClFN3O6. The summed E-state index contributed by atoms with van der Waals surface area (Å²) in [6.45, 7) is 3.35. The Morgan fingerprint density at radius 1 is 1.05 bits per heavy atom. The minimum atomic E-state index is -0.670. The molecular weight excluding hydrogens is 565 g/mol. The molecule has 3 aromatic rings. The summed E-state index contributed by atoms with van der Waals surface area (Å²) >= 11 is 6.52. The number of amides is 3. The molecule has 0 bridgehead atoms. The van der Waals surface area contributed by atoms with Gasteiger partial charge in [-0.25, -0.2) is 4.39 Å². The Morgan fingerprint density at radius 2 is 1.83 bits per heavy atom. The molecule has 3 aromatic carbocycles. The average Bonchev–Trinajstić information content (AvgIpc) is 3.14. The second kappa shape index (κ2) is 14.1. The van der Waals surface area contributed by atoms with Gasteiger partial charge in [-0.1, -0.05) is 29.8 Å². The van der Waals surface area contributed by atoms with Crippen LogP contribution in [0.15, 0.2) is 60.7 Å². The van der Waals surface area contributed by atoms with Crippen LogP contribution in [0.1, 0.15) is 57.7 Å². The fourth-order valence-corrected chi connectivity index (χ4v) is 4.93. The van der Waals surface area contributed by atoms with Crippen LogP contribution < -0.4 is 15.5 Å². The Morgan fingerprint density at radius 3 is 2.57 bits per heavy atom. The van der Waals surface area contributed by atoms with Crippen LogP contribution in [0.5, 0.6) is 0 Å². The second-order valence-corrected chi connectivity index (χ2v) is 10.1. The molecule has 3 amide bonds. The van der Waals surface area contributed by atoms with Crippen molar-refractivity contribution in [3.8, 4) is 0 Å². The number of hydrogen-bond donors (Lipinski definition) is 2. The van der Waals surface area contributed by atoms with Gasteiger partial charge < -0.3 is 25.0 Å². The zero-order valence-electron chi connectivity index (χ0n) is 23.2. The summed E-state index contributed by atoms with van der Waals surface area (Å²) in [5.74, 6) is -2.32. The molecule has 1 heterocycles. The first-order valence-electron chi connectivity index (χ1n) is 13.5. The molecule has 1 atom stereocenters. The van der Waals surface area contributed by atoms with Crippen LogP contribution in [0.2, 0.25) is 5.02 Å². The first kappa shape index (κ1) is 30.7. The average molecular weight is 596 g/mol. The lowest BCUT2D eigenvalue weighted by molar-refractivity contribution is -0.144. The highest BCUT2D eigenvalue weighted by Crippen LogP contribution is 2.37. The van der Waals surface area contributed by atoms with Gasteiger partial charge in [-0.3, -0.25) is 19.2 Å². The van der Waals surface area contributed by atoms with Crippen LogP contribution in [-0.2, 0) is 19.1 Å². The number of ether oxygens (including phenoxy) is 2. The van der Waals surface area contributed by atoms with E-state index in [-0.39, 0.29) is 36.3 Å². The normalized spacial score (nSPS) is 14.4. The third kappa shape index (κ3) is 7.51. The number of aryl methyl sites for hydroxylation is 1. The fourth-order valence-electron chi connectivity index (χ4n) is 4.67. The molecule has 0 fully saturated rings. The summed E-state index contributed by atoms with van der Waals surface area (Å²) in [5, 5.41) is 5.37. The highest BCUT2D eigenvalue weighted by atomic mass is 35.5. The third-order valence-corrected chi connectivity index (χ3v) is 7.03. The van der Waals surface area contributed by atoms with Crippen molar-refractivity contribution in [3.05, 3.63) is 93.8 Å². The van der Waals surface area contributed by atoms with E-state index >= 15 is 0 Å². The standard InChI is InChI=1S/C31H31ClFN3O6/c1-3-41-29(38)17-34-28(37)18-42-27-9-6-14-36(26-13-10-20(33)15-24(26)27)31(40)23-12-11-21(16-25(23)32)35-30(39)22-8-5-4-7-19(22)2/h4-5,7-8,10-13,15-16,27H,3,6,9,14,17-18H2,1-2H3,(H,34,37)(H,35,39). The molecule has 0 spiro atoms. The van der Waals surface area contributed by atoms with E-state index < -0.39 is 29.7 Å². The van der Waals surface area contributed by atoms with E-state index in [0.29, 0.717) is 41.9 Å². The minimum Gasteiger partial charge on any atom is -0.465 e. The number of rotatable bonds is 9. The number of fused-ring (bicyclic) bond motifs is 1. The van der Waals surface area contributed by atoms with Crippen molar-refractivity contribution in [1.29, 1.82) is 0 Å². The SMILES string of the molecule is CCOC(=O)CNC(=O)COC1CCCN(C(=O)c2ccc(NC(=O)c3ccccc3C)cc2Cl)c2ccc(F)cc21. The van der Waals surface area contributed by atoms with E-state index in [0.717, 1.165) is 5.56 Å². The zero-order chi connectivity index (χ0) is 30.2. The van der Waals surface area contributed by atoms with Crippen LogP contribution in [0.4, 0.5) is 15.8 Å². The Balaban J connectivity index is 1.49. The topological polar surface area (TPSA) is 114 Å². The maximum atomic E-state index is 14.3. The highest BCUT2D eigenvalue weighted by molar-refractivity contribution is 6.35. The molecule has 0 aliphatic carbocycles. The monoisotopic (exact) mass is 595 g/mol. The van der Waals surface area contributed by atoms with Crippen LogP contribution in [0.25, 0.3) is 0 Å². The number of carbonyl (C=O) groups excluding carboxylic acids is 4. The number of carbonyl (C=O) groups is 4. The zero-order valence-corrected chi connectivity index (χ0v) is 24.0. The van der Waals surface area contributed by atoms with E-state index in [2.05, 4.69) is 10.6 Å². The number of nitrogens with one attached hydrogen (secondary N) is 2. The summed E-state index contributed by atoms with van der Waals surface area (Å²) in [7, 11) is 0. The minimum absolute atomic E-state index is 0.140. The fraction of sp³-hybridized carbons (Fsp3) is 0.290. The summed E-state index contributed by atoms with van der Waals surface area (Å²) in [6, 6.07) is 15.9. The molecule has 9 nitrogen and oxygen atoms in total. The van der Waals surface area contributed by atoms with Crippen molar-refractivity contribution in [2.24, 2.45) is 0 Å². The van der Waals surface area contributed by atoms with E-state index in [1.807, 2.05) is 19.1 Å². The molecule has 0 saturated heterocycles. The molecule has 0 radical (unpaired) electrons. The molecule has 11 heteroatoms. The lowest BCUT2D eigenvalue weighted by Crippen LogP contribution is -2.33. The lowest BCUT2D eigenvalue weighted by atomic mass is 10.0. The smallest absolute Gasteiger partial charge is 0.325 e. The van der Waals surface area contributed by atoms with Gasteiger partial charge in [0.25, 0.3) is 11.8 Å². The summed E-state index contributed by atoms with van der Waals surface area (Å²) in [6.07, 6.45) is 0.249. The Labute approximate surface area is 247 Å². The first-order chi connectivity index (χ1) is 20.2. The van der Waals surface area contributed by atoms with Gasteiger partial charge in [0.2, 0.25) is 5.91 Å². The van der Waals surface area contributed by atoms with Crippen LogP contribution in [0.3, 0.4) is 0 Å². The van der Waals surface area contributed by atoms with E-state index in [1.165, 1.54) is 35.2 Å². The van der Waals surface area contributed by atoms with Crippen molar-refractivity contribution in [3.63, 3.8) is 0 Å². The number of halogens is 2. The van der Waals surface area contributed by atoms with Crippen molar-refractivity contribution in [2.75, 3.05) is 36.5 Å². The number of benzene rings is 3. The van der Waals surface area contributed by atoms with E-state index in [9.17, 15) is 23.6 Å². The van der Waals surface area contributed by atoms with Gasteiger partial charge in [-0.05, 0) is 74.7 Å². The molecule has 220 valence electrons. The maximum Gasteiger partial charge on any atom is 0.325 e. The second-order valence-electron chi connectivity index (χ2n) is 9.65. The predicted octanol–water partition coefficient (Wildman–Crippen LogP) is 5.22. The van der Waals surface area contributed by atoms with Gasteiger partial charge in [0.05, 0.1) is 23.3 Å². The van der Waals surface area contributed by atoms with Gasteiger partial charge in [-0.2, -0.15) is 0 Å². The molecule has 2 N–H and O–H groups in total. The number of hydrogen-bond acceptors (Lipinski definition) is 6. The van der Waals surface area contributed by atoms with Crippen LogP contribution in [0, 0.1) is 12.7 Å². The van der Waals surface area contributed by atoms with Gasteiger partial charge >= 0.3 is 5.97 Å². The third-order valence-electron chi connectivity index (χ3n) is 6.72. The maximum absolute atomic E-state index is 14.3. The summed E-state index contributed by atoms with van der Waals surface area (Å²) < 4.78 is 25.0.